The highest BCUT2D eigenvalue weighted by molar-refractivity contribution is 6.09. The molecule has 0 aliphatic heterocycles. The van der Waals surface area contributed by atoms with Gasteiger partial charge in [-0.2, -0.15) is 0 Å². The maximum atomic E-state index is 14.1. The molecule has 2 aromatic carbocycles. The Hall–Kier alpha value is -3.74. The number of ether oxygens (including phenoxy) is 1. The van der Waals surface area contributed by atoms with E-state index in [2.05, 4.69) is 15.3 Å². The molecule has 0 aliphatic carbocycles. The number of nitrogens with one attached hydrogen (secondary N) is 2. The number of aromatic amines is 1. The van der Waals surface area contributed by atoms with Crippen LogP contribution in [-0.2, 0) is 0 Å². The summed E-state index contributed by atoms with van der Waals surface area (Å²) in [5.41, 5.74) is 1.13. The van der Waals surface area contributed by atoms with Crippen LogP contribution in [0.15, 0.2) is 53.5 Å². The fourth-order valence-corrected chi connectivity index (χ4v) is 3.20. The van der Waals surface area contributed by atoms with Gasteiger partial charge in [-0.25, -0.2) is 9.37 Å². The second kappa shape index (κ2) is 6.77. The van der Waals surface area contributed by atoms with E-state index in [1.807, 2.05) is 0 Å². The second-order valence-electron chi connectivity index (χ2n) is 6.32. The molecular weight excluding hydrogens is 361 g/mol. The minimum atomic E-state index is -0.595. The zero-order chi connectivity index (χ0) is 19.8. The Morgan fingerprint density at radius 3 is 2.71 bits per heavy atom. The molecule has 4 aromatic rings. The van der Waals surface area contributed by atoms with Crippen LogP contribution in [0, 0.1) is 12.7 Å². The average Bonchev–Trinajstić information content (AvgIpc) is 2.68. The Morgan fingerprint density at radius 2 is 1.93 bits per heavy atom. The Bertz CT molecular complexity index is 1300. The number of nitrogens with zero attached hydrogens (tertiary/aromatic N) is 1. The van der Waals surface area contributed by atoms with Crippen LogP contribution < -0.4 is 15.5 Å². The number of carbonyl (C=O) groups excluding carboxylic acids is 1. The van der Waals surface area contributed by atoms with Crippen LogP contribution in [0.3, 0.4) is 0 Å². The number of para-hydroxylation sites is 2. The van der Waals surface area contributed by atoms with Gasteiger partial charge in [0.25, 0.3) is 5.91 Å². The molecule has 4 rings (SSSR count). The fraction of sp³-hybridized carbons (Fsp3) is 0.0952. The predicted molar refractivity (Wildman–Crippen MR) is 106 cm³/mol. The Labute approximate surface area is 159 Å². The number of benzene rings is 2. The number of anilines is 1. The van der Waals surface area contributed by atoms with E-state index < -0.39 is 17.2 Å². The summed E-state index contributed by atoms with van der Waals surface area (Å²) < 4.78 is 19.3. The first-order valence-corrected chi connectivity index (χ1v) is 8.55. The van der Waals surface area contributed by atoms with Crippen LogP contribution in [0.4, 0.5) is 10.1 Å². The van der Waals surface area contributed by atoms with Gasteiger partial charge in [0.15, 0.2) is 0 Å². The van der Waals surface area contributed by atoms with Crippen molar-refractivity contribution in [1.29, 1.82) is 0 Å². The van der Waals surface area contributed by atoms with Crippen molar-refractivity contribution >= 4 is 33.4 Å². The molecule has 2 heterocycles. The highest BCUT2D eigenvalue weighted by atomic mass is 19.1. The number of hydrogen-bond donors (Lipinski definition) is 2. The van der Waals surface area contributed by atoms with Gasteiger partial charge in [0, 0.05) is 17.3 Å². The number of aryl methyl sites for hydroxylation is 1. The van der Waals surface area contributed by atoms with Crippen LogP contribution in [0.25, 0.3) is 21.8 Å². The summed E-state index contributed by atoms with van der Waals surface area (Å²) in [5.74, 6) is -0.567. The lowest BCUT2D eigenvalue weighted by molar-refractivity contribution is 0.102. The molecule has 1 amide bonds. The number of rotatable bonds is 3. The maximum absolute atomic E-state index is 14.1. The molecule has 0 atom stereocenters. The van der Waals surface area contributed by atoms with Gasteiger partial charge in [-0.1, -0.05) is 18.2 Å². The third-order valence-corrected chi connectivity index (χ3v) is 4.51. The van der Waals surface area contributed by atoms with E-state index in [1.165, 1.54) is 19.4 Å². The summed E-state index contributed by atoms with van der Waals surface area (Å²) >= 11 is 0. The van der Waals surface area contributed by atoms with E-state index >= 15 is 0 Å². The van der Waals surface area contributed by atoms with Crippen molar-refractivity contribution in [1.82, 2.24) is 9.97 Å². The Kier molecular flexibility index (Phi) is 4.27. The summed E-state index contributed by atoms with van der Waals surface area (Å²) in [6, 6.07) is 11.2. The van der Waals surface area contributed by atoms with Gasteiger partial charge >= 0.3 is 0 Å². The molecule has 0 unspecified atom stereocenters. The van der Waals surface area contributed by atoms with Crippen LogP contribution >= 0.6 is 0 Å². The smallest absolute Gasteiger partial charge is 0.261 e. The van der Waals surface area contributed by atoms with Crippen LogP contribution in [0.5, 0.6) is 5.75 Å². The Morgan fingerprint density at radius 1 is 1.18 bits per heavy atom. The largest absolute Gasteiger partial charge is 0.495 e. The molecule has 0 saturated carbocycles. The highest BCUT2D eigenvalue weighted by Gasteiger charge is 2.17. The average molecular weight is 377 g/mol. The van der Waals surface area contributed by atoms with Crippen LogP contribution in [-0.4, -0.2) is 23.0 Å². The molecule has 2 aromatic heterocycles. The lowest BCUT2D eigenvalue weighted by Gasteiger charge is -2.11. The van der Waals surface area contributed by atoms with E-state index in [0.29, 0.717) is 33.4 Å². The van der Waals surface area contributed by atoms with Crippen molar-refractivity contribution in [3.63, 3.8) is 0 Å². The summed E-state index contributed by atoms with van der Waals surface area (Å²) in [5, 5.41) is 3.50. The van der Waals surface area contributed by atoms with Gasteiger partial charge in [-0.05, 0) is 31.2 Å². The van der Waals surface area contributed by atoms with Gasteiger partial charge in [0.1, 0.15) is 22.6 Å². The summed E-state index contributed by atoms with van der Waals surface area (Å²) in [6.07, 6.45) is 1.35. The first-order chi connectivity index (χ1) is 13.5. The molecular formula is C21H16FN3O3. The fourth-order valence-electron chi connectivity index (χ4n) is 3.20. The zero-order valence-electron chi connectivity index (χ0n) is 15.2. The van der Waals surface area contributed by atoms with Crippen LogP contribution in [0.2, 0.25) is 0 Å². The van der Waals surface area contributed by atoms with Crippen molar-refractivity contribution in [2.45, 2.75) is 6.92 Å². The predicted octanol–water partition coefficient (Wildman–Crippen LogP) is 3.78. The van der Waals surface area contributed by atoms with Gasteiger partial charge in [0.05, 0.1) is 23.7 Å². The molecule has 0 fully saturated rings. The van der Waals surface area contributed by atoms with E-state index in [9.17, 15) is 14.0 Å². The minimum absolute atomic E-state index is 0.0558. The zero-order valence-corrected chi connectivity index (χ0v) is 15.2. The first-order valence-electron chi connectivity index (χ1n) is 8.55. The molecule has 2 N–H and O–H groups in total. The SMILES string of the molecule is COc1cccc2c(=O)c(C(=O)Nc3cc(C)nc4c(F)cccc34)c[nH]c12. The Balaban J connectivity index is 1.80. The van der Waals surface area contributed by atoms with Gasteiger partial charge < -0.3 is 15.0 Å². The highest BCUT2D eigenvalue weighted by Crippen LogP contribution is 2.26. The van der Waals surface area contributed by atoms with Gasteiger partial charge in [-0.15, -0.1) is 0 Å². The monoisotopic (exact) mass is 377 g/mol. The van der Waals surface area contributed by atoms with Crippen molar-refractivity contribution in [3.05, 3.63) is 76.0 Å². The van der Waals surface area contributed by atoms with Crippen molar-refractivity contribution < 1.29 is 13.9 Å². The molecule has 0 spiro atoms. The molecule has 7 heteroatoms. The number of halogens is 1. The second-order valence-corrected chi connectivity index (χ2v) is 6.32. The number of fused-ring (bicyclic) bond motifs is 2. The maximum Gasteiger partial charge on any atom is 0.261 e. The summed E-state index contributed by atoms with van der Waals surface area (Å²) in [6.45, 7) is 1.71. The van der Waals surface area contributed by atoms with E-state index in [1.54, 1.807) is 43.3 Å². The summed E-state index contributed by atoms with van der Waals surface area (Å²) in [4.78, 5) is 32.7. The van der Waals surface area contributed by atoms with Crippen molar-refractivity contribution in [2.75, 3.05) is 12.4 Å². The van der Waals surface area contributed by atoms with E-state index in [-0.39, 0.29) is 11.1 Å². The quantitative estimate of drug-likeness (QED) is 0.569. The number of carbonyl (C=O) groups is 1. The van der Waals surface area contributed by atoms with Crippen molar-refractivity contribution in [2.24, 2.45) is 0 Å². The summed E-state index contributed by atoms with van der Waals surface area (Å²) in [7, 11) is 1.50. The van der Waals surface area contributed by atoms with Gasteiger partial charge in [-0.3, -0.25) is 9.59 Å². The molecule has 28 heavy (non-hydrogen) atoms. The topological polar surface area (TPSA) is 84.1 Å². The van der Waals surface area contributed by atoms with E-state index in [0.717, 1.165) is 0 Å². The number of amides is 1. The lowest BCUT2D eigenvalue weighted by atomic mass is 10.1. The van der Waals surface area contributed by atoms with Gasteiger partial charge in [0.2, 0.25) is 5.43 Å². The minimum Gasteiger partial charge on any atom is -0.495 e. The lowest BCUT2D eigenvalue weighted by Crippen LogP contribution is -2.22. The third kappa shape index (κ3) is 2.87. The molecule has 0 aliphatic rings. The number of pyridine rings is 2. The normalized spacial score (nSPS) is 11.0. The van der Waals surface area contributed by atoms with E-state index in [4.69, 9.17) is 4.74 Å². The molecule has 0 bridgehead atoms. The standard InChI is InChI=1S/C21H16FN3O3/c1-11-9-16(12-5-3-7-15(22)18(12)24-11)25-21(27)14-10-23-19-13(20(14)26)6-4-8-17(19)28-2/h3-10H,1-2H3,(H,23,26)(H,24,25,27). The number of aromatic nitrogens is 2. The molecule has 0 saturated heterocycles. The first kappa shape index (κ1) is 17.7. The molecule has 6 nitrogen and oxygen atoms in total. The van der Waals surface area contributed by atoms with Crippen LogP contribution in [0.1, 0.15) is 16.1 Å². The molecule has 140 valence electrons. The number of methoxy groups -OCH3 is 1. The number of hydrogen-bond acceptors (Lipinski definition) is 4. The third-order valence-electron chi connectivity index (χ3n) is 4.51. The molecule has 0 radical (unpaired) electrons. The number of H-pyrrole nitrogens is 1. The van der Waals surface area contributed by atoms with Crippen molar-refractivity contribution in [3.8, 4) is 5.75 Å².